The molecule has 0 atom stereocenters. The summed E-state index contributed by atoms with van der Waals surface area (Å²) in [7, 11) is 1.65. The maximum Gasteiger partial charge on any atom is 0.256 e. The van der Waals surface area contributed by atoms with Crippen LogP contribution < -0.4 is 10.1 Å². The van der Waals surface area contributed by atoms with Crippen molar-refractivity contribution in [3.63, 3.8) is 0 Å². The summed E-state index contributed by atoms with van der Waals surface area (Å²) in [5, 5.41) is 3.06. The molecule has 0 unspecified atom stereocenters. The second-order valence-corrected chi connectivity index (χ2v) is 8.22. The molecule has 0 radical (unpaired) electrons. The first kappa shape index (κ1) is 21.7. The summed E-state index contributed by atoms with van der Waals surface area (Å²) in [6.07, 6.45) is 3.79. The molecular formula is C27H24N2O2S. The first-order valence-electron chi connectivity index (χ1n) is 10.2. The van der Waals surface area contributed by atoms with Crippen molar-refractivity contribution in [2.75, 3.05) is 18.7 Å². The van der Waals surface area contributed by atoms with E-state index >= 15 is 0 Å². The normalized spacial score (nSPS) is 10.6. The molecule has 0 aliphatic rings. The predicted octanol–water partition coefficient (Wildman–Crippen LogP) is 6.71. The molecule has 4 rings (SSSR count). The highest BCUT2D eigenvalue weighted by molar-refractivity contribution is 7.98. The zero-order valence-corrected chi connectivity index (χ0v) is 19.1. The van der Waals surface area contributed by atoms with Crippen LogP contribution in [0.2, 0.25) is 0 Å². The number of hydrogen-bond donors (Lipinski definition) is 1. The molecule has 4 aromatic rings. The summed E-state index contributed by atoms with van der Waals surface area (Å²) in [5.74, 6) is 0.600. The van der Waals surface area contributed by atoms with E-state index in [1.165, 1.54) is 0 Å². The molecule has 1 N–H and O–H groups in total. The quantitative estimate of drug-likeness (QED) is 0.339. The third-order valence-electron chi connectivity index (χ3n) is 5.29. The van der Waals surface area contributed by atoms with Gasteiger partial charge in [0.15, 0.2) is 0 Å². The van der Waals surface area contributed by atoms with Gasteiger partial charge in [-0.2, -0.15) is 0 Å². The minimum atomic E-state index is -0.159. The minimum Gasteiger partial charge on any atom is -0.497 e. The van der Waals surface area contributed by atoms with Crippen molar-refractivity contribution in [2.24, 2.45) is 0 Å². The van der Waals surface area contributed by atoms with Crippen LogP contribution in [0.3, 0.4) is 0 Å². The van der Waals surface area contributed by atoms with Crippen LogP contribution in [0.15, 0.2) is 90.0 Å². The van der Waals surface area contributed by atoms with Crippen molar-refractivity contribution in [2.45, 2.75) is 11.8 Å². The Morgan fingerprint density at radius 2 is 1.81 bits per heavy atom. The molecule has 32 heavy (non-hydrogen) atoms. The van der Waals surface area contributed by atoms with Crippen molar-refractivity contribution in [3.05, 3.63) is 96.2 Å². The standard InChI is InChI=1S/C27H24N2O2S/c1-18-10-11-21(31-2)16-24(18)25-17-22(32-3)12-13-23(25)27(30)29-20-8-6-7-19(15-20)26-9-4-5-14-28-26/h4-17H,1-3H3,(H,29,30). The van der Waals surface area contributed by atoms with Crippen LogP contribution in [0.5, 0.6) is 5.75 Å². The van der Waals surface area contributed by atoms with Crippen molar-refractivity contribution in [3.8, 4) is 28.1 Å². The fourth-order valence-corrected chi connectivity index (χ4v) is 4.02. The Kier molecular flexibility index (Phi) is 6.57. The van der Waals surface area contributed by atoms with Gasteiger partial charge in [0.25, 0.3) is 5.91 Å². The van der Waals surface area contributed by atoms with Gasteiger partial charge in [-0.3, -0.25) is 9.78 Å². The van der Waals surface area contributed by atoms with Gasteiger partial charge in [-0.25, -0.2) is 0 Å². The lowest BCUT2D eigenvalue weighted by Gasteiger charge is -2.15. The number of methoxy groups -OCH3 is 1. The number of aryl methyl sites for hydroxylation is 1. The smallest absolute Gasteiger partial charge is 0.256 e. The van der Waals surface area contributed by atoms with Gasteiger partial charge in [0, 0.05) is 27.9 Å². The number of amides is 1. The lowest BCUT2D eigenvalue weighted by Crippen LogP contribution is -2.13. The number of nitrogens with zero attached hydrogens (tertiary/aromatic N) is 1. The second kappa shape index (κ2) is 9.71. The predicted molar refractivity (Wildman–Crippen MR) is 133 cm³/mol. The summed E-state index contributed by atoms with van der Waals surface area (Å²) < 4.78 is 5.43. The molecule has 1 aromatic heterocycles. The van der Waals surface area contributed by atoms with Crippen LogP contribution >= 0.6 is 11.8 Å². The molecule has 0 bridgehead atoms. The number of pyridine rings is 1. The molecule has 0 aliphatic heterocycles. The number of benzene rings is 3. The summed E-state index contributed by atoms with van der Waals surface area (Å²) >= 11 is 1.65. The summed E-state index contributed by atoms with van der Waals surface area (Å²) in [6.45, 7) is 2.04. The Morgan fingerprint density at radius 3 is 2.56 bits per heavy atom. The van der Waals surface area contributed by atoms with Gasteiger partial charge in [-0.15, -0.1) is 11.8 Å². The number of hydrogen-bond acceptors (Lipinski definition) is 4. The SMILES string of the molecule is COc1ccc(C)c(-c2cc(SC)ccc2C(=O)Nc2cccc(-c3ccccn3)c2)c1. The van der Waals surface area contributed by atoms with Crippen LogP contribution in [0.4, 0.5) is 5.69 Å². The number of thioether (sulfide) groups is 1. The van der Waals surface area contributed by atoms with Crippen LogP contribution in [0.25, 0.3) is 22.4 Å². The highest BCUT2D eigenvalue weighted by Gasteiger charge is 2.16. The molecule has 4 nitrogen and oxygen atoms in total. The van der Waals surface area contributed by atoms with E-state index in [1.54, 1.807) is 25.1 Å². The molecule has 0 saturated heterocycles. The number of rotatable bonds is 6. The van der Waals surface area contributed by atoms with Gasteiger partial charge < -0.3 is 10.1 Å². The molecule has 0 saturated carbocycles. The Morgan fingerprint density at radius 1 is 0.938 bits per heavy atom. The van der Waals surface area contributed by atoms with E-state index in [0.717, 1.165) is 44.3 Å². The Hall–Kier alpha value is -3.57. The number of nitrogens with one attached hydrogen (secondary N) is 1. The van der Waals surface area contributed by atoms with Gasteiger partial charge in [0.1, 0.15) is 5.75 Å². The molecule has 1 amide bonds. The number of carbonyl (C=O) groups is 1. The maximum atomic E-state index is 13.4. The molecule has 160 valence electrons. The zero-order valence-electron chi connectivity index (χ0n) is 18.3. The number of carbonyl (C=O) groups excluding carboxylic acids is 1. The van der Waals surface area contributed by atoms with Crippen molar-refractivity contribution >= 4 is 23.4 Å². The van der Waals surface area contributed by atoms with E-state index < -0.39 is 0 Å². The van der Waals surface area contributed by atoms with Gasteiger partial charge in [-0.05, 0) is 84.5 Å². The van der Waals surface area contributed by atoms with E-state index in [0.29, 0.717) is 5.56 Å². The number of aromatic nitrogens is 1. The highest BCUT2D eigenvalue weighted by Crippen LogP contribution is 2.33. The average Bonchev–Trinajstić information content (AvgIpc) is 2.84. The third-order valence-corrected chi connectivity index (χ3v) is 6.01. The van der Waals surface area contributed by atoms with Gasteiger partial charge >= 0.3 is 0 Å². The highest BCUT2D eigenvalue weighted by atomic mass is 32.2. The molecule has 0 aliphatic carbocycles. The molecule has 0 fully saturated rings. The molecule has 3 aromatic carbocycles. The van der Waals surface area contributed by atoms with Crippen molar-refractivity contribution in [1.29, 1.82) is 0 Å². The van der Waals surface area contributed by atoms with Crippen LogP contribution in [0.1, 0.15) is 15.9 Å². The Balaban J connectivity index is 1.71. The van der Waals surface area contributed by atoms with Crippen LogP contribution in [-0.2, 0) is 0 Å². The minimum absolute atomic E-state index is 0.159. The second-order valence-electron chi connectivity index (χ2n) is 7.34. The van der Waals surface area contributed by atoms with Gasteiger partial charge in [0.2, 0.25) is 0 Å². The van der Waals surface area contributed by atoms with Gasteiger partial charge in [0.05, 0.1) is 12.8 Å². The van der Waals surface area contributed by atoms with Crippen molar-refractivity contribution in [1.82, 2.24) is 4.98 Å². The Labute approximate surface area is 192 Å². The monoisotopic (exact) mass is 440 g/mol. The van der Waals surface area contributed by atoms with Crippen LogP contribution in [-0.4, -0.2) is 24.3 Å². The summed E-state index contributed by atoms with van der Waals surface area (Å²) in [6, 6.07) is 25.4. The molecule has 5 heteroatoms. The molecule has 1 heterocycles. The van der Waals surface area contributed by atoms with E-state index in [9.17, 15) is 4.79 Å². The molecular weight excluding hydrogens is 416 g/mol. The fourth-order valence-electron chi connectivity index (χ4n) is 3.58. The Bertz CT molecular complexity index is 1260. The maximum absolute atomic E-state index is 13.4. The lowest BCUT2D eigenvalue weighted by molar-refractivity contribution is 0.102. The first-order valence-corrected chi connectivity index (χ1v) is 11.5. The van der Waals surface area contributed by atoms with E-state index in [-0.39, 0.29) is 5.91 Å². The number of ether oxygens (including phenoxy) is 1. The topological polar surface area (TPSA) is 51.2 Å². The van der Waals surface area contributed by atoms with Crippen molar-refractivity contribution < 1.29 is 9.53 Å². The zero-order chi connectivity index (χ0) is 22.5. The fraction of sp³-hybridized carbons (Fsp3) is 0.111. The van der Waals surface area contributed by atoms with Crippen LogP contribution in [0, 0.1) is 6.92 Å². The largest absolute Gasteiger partial charge is 0.497 e. The van der Waals surface area contributed by atoms with Gasteiger partial charge in [-0.1, -0.05) is 24.3 Å². The summed E-state index contributed by atoms with van der Waals surface area (Å²) in [4.78, 5) is 18.8. The average molecular weight is 441 g/mol. The first-order chi connectivity index (χ1) is 15.6. The van der Waals surface area contributed by atoms with E-state index in [1.807, 2.05) is 86.0 Å². The number of anilines is 1. The van der Waals surface area contributed by atoms with E-state index in [2.05, 4.69) is 16.4 Å². The van der Waals surface area contributed by atoms with E-state index in [4.69, 9.17) is 4.74 Å². The third kappa shape index (κ3) is 4.68. The lowest BCUT2D eigenvalue weighted by atomic mass is 9.95. The molecule has 0 spiro atoms. The summed E-state index contributed by atoms with van der Waals surface area (Å²) in [5.41, 5.74) is 6.09.